The van der Waals surface area contributed by atoms with Crippen molar-refractivity contribution >= 4 is 32.7 Å². The Balaban J connectivity index is 1.39. The Bertz CT molecular complexity index is 1310. The van der Waals surface area contributed by atoms with Gasteiger partial charge < -0.3 is 0 Å². The van der Waals surface area contributed by atoms with Gasteiger partial charge in [-0.2, -0.15) is 5.10 Å². The Morgan fingerprint density at radius 1 is 1.06 bits per heavy atom. The van der Waals surface area contributed by atoms with Crippen LogP contribution >= 0.6 is 0 Å². The standard InChI is InChI=1S/C22H22N4O4S/c27-20-7-3-4-14-11-18(8-9-19(14)20)31(29,30)25-22(28)16-10-15-13-24-26(21(15)23-12-16)17-5-1-2-6-17/h8-13,17H,1-7H2,(H,25,28). The quantitative estimate of drug-likeness (QED) is 0.670. The lowest BCUT2D eigenvalue weighted by Crippen LogP contribution is -2.31. The Labute approximate surface area is 179 Å². The monoisotopic (exact) mass is 438 g/mol. The van der Waals surface area contributed by atoms with Crippen LogP contribution in [0.1, 0.15) is 70.8 Å². The van der Waals surface area contributed by atoms with Gasteiger partial charge in [0.25, 0.3) is 15.9 Å². The van der Waals surface area contributed by atoms with Crippen LogP contribution in [0.3, 0.4) is 0 Å². The minimum absolute atomic E-state index is 0.0201. The van der Waals surface area contributed by atoms with Crippen LogP contribution < -0.4 is 4.72 Å². The number of hydrogen-bond donors (Lipinski definition) is 1. The molecular formula is C22H22N4O4S. The van der Waals surface area contributed by atoms with Gasteiger partial charge in [0.1, 0.15) is 0 Å². The molecule has 0 bridgehead atoms. The summed E-state index contributed by atoms with van der Waals surface area (Å²) >= 11 is 0. The number of sulfonamides is 1. The van der Waals surface area contributed by atoms with E-state index in [1.165, 1.54) is 37.2 Å². The molecule has 1 amide bonds. The van der Waals surface area contributed by atoms with Gasteiger partial charge in [0.15, 0.2) is 11.4 Å². The lowest BCUT2D eigenvalue weighted by atomic mass is 9.91. The van der Waals surface area contributed by atoms with E-state index in [0.717, 1.165) is 12.8 Å². The van der Waals surface area contributed by atoms with Crippen molar-refractivity contribution in [1.82, 2.24) is 19.5 Å². The van der Waals surface area contributed by atoms with E-state index in [-0.39, 0.29) is 16.2 Å². The number of hydrogen-bond acceptors (Lipinski definition) is 6. The van der Waals surface area contributed by atoms with Crippen molar-refractivity contribution in [1.29, 1.82) is 0 Å². The fourth-order valence-electron chi connectivity index (χ4n) is 4.51. The van der Waals surface area contributed by atoms with Crippen LogP contribution in [-0.4, -0.2) is 34.9 Å². The third-order valence-corrected chi connectivity index (χ3v) is 7.46. The van der Waals surface area contributed by atoms with E-state index >= 15 is 0 Å². The Morgan fingerprint density at radius 2 is 1.87 bits per heavy atom. The summed E-state index contributed by atoms with van der Waals surface area (Å²) in [5.41, 5.74) is 2.11. The molecule has 1 saturated carbocycles. The molecule has 1 fully saturated rings. The summed E-state index contributed by atoms with van der Waals surface area (Å²) in [7, 11) is -4.08. The molecule has 0 aliphatic heterocycles. The number of benzene rings is 1. The molecule has 0 unspecified atom stereocenters. The molecule has 1 N–H and O–H groups in total. The summed E-state index contributed by atoms with van der Waals surface area (Å²) in [5.74, 6) is -0.733. The number of fused-ring (bicyclic) bond motifs is 2. The van der Waals surface area contributed by atoms with Crippen LogP contribution in [-0.2, 0) is 16.4 Å². The summed E-state index contributed by atoms with van der Waals surface area (Å²) in [5, 5.41) is 5.12. The predicted molar refractivity (Wildman–Crippen MR) is 113 cm³/mol. The lowest BCUT2D eigenvalue weighted by Gasteiger charge is -2.16. The van der Waals surface area contributed by atoms with Crippen LogP contribution in [0.15, 0.2) is 41.6 Å². The van der Waals surface area contributed by atoms with Gasteiger partial charge in [0.2, 0.25) is 0 Å². The molecule has 31 heavy (non-hydrogen) atoms. The Morgan fingerprint density at radius 3 is 2.68 bits per heavy atom. The highest BCUT2D eigenvalue weighted by Crippen LogP contribution is 2.31. The van der Waals surface area contributed by atoms with E-state index < -0.39 is 15.9 Å². The average Bonchev–Trinajstić information content (AvgIpc) is 3.42. The van der Waals surface area contributed by atoms with E-state index in [1.54, 1.807) is 12.3 Å². The zero-order valence-electron chi connectivity index (χ0n) is 16.9. The second kappa shape index (κ2) is 7.56. The average molecular weight is 439 g/mol. The summed E-state index contributed by atoms with van der Waals surface area (Å²) < 4.78 is 29.6. The largest absolute Gasteiger partial charge is 0.294 e. The van der Waals surface area contributed by atoms with Gasteiger partial charge in [-0.1, -0.05) is 12.8 Å². The zero-order valence-corrected chi connectivity index (χ0v) is 17.7. The second-order valence-corrected chi connectivity index (χ2v) is 9.88. The Kier molecular flexibility index (Phi) is 4.85. The van der Waals surface area contributed by atoms with E-state index in [2.05, 4.69) is 14.8 Å². The van der Waals surface area contributed by atoms with Crippen LogP contribution in [0.25, 0.3) is 11.0 Å². The van der Waals surface area contributed by atoms with E-state index in [0.29, 0.717) is 47.5 Å². The van der Waals surface area contributed by atoms with Crippen molar-refractivity contribution in [2.45, 2.75) is 55.9 Å². The highest BCUT2D eigenvalue weighted by atomic mass is 32.2. The highest BCUT2D eigenvalue weighted by molar-refractivity contribution is 7.90. The molecule has 0 spiro atoms. The number of nitrogens with one attached hydrogen (secondary N) is 1. The van der Waals surface area contributed by atoms with E-state index in [1.807, 2.05) is 4.68 Å². The molecule has 5 rings (SSSR count). The number of carbonyl (C=O) groups is 2. The molecule has 0 saturated heterocycles. The Hall–Kier alpha value is -3.07. The third-order valence-electron chi connectivity index (χ3n) is 6.13. The highest BCUT2D eigenvalue weighted by Gasteiger charge is 2.24. The van der Waals surface area contributed by atoms with Gasteiger partial charge in [-0.05, 0) is 55.5 Å². The first-order valence-electron chi connectivity index (χ1n) is 10.5. The van der Waals surface area contributed by atoms with Gasteiger partial charge in [0.05, 0.1) is 22.7 Å². The molecule has 2 aromatic heterocycles. The molecule has 2 aliphatic rings. The third kappa shape index (κ3) is 3.63. The maximum atomic E-state index is 12.8. The smallest absolute Gasteiger partial charge is 0.266 e. The van der Waals surface area contributed by atoms with Crippen molar-refractivity contribution in [3.63, 3.8) is 0 Å². The van der Waals surface area contributed by atoms with Crippen molar-refractivity contribution in [3.05, 3.63) is 53.3 Å². The van der Waals surface area contributed by atoms with Gasteiger partial charge in [-0.25, -0.2) is 22.8 Å². The second-order valence-electron chi connectivity index (χ2n) is 8.19. The van der Waals surface area contributed by atoms with Gasteiger partial charge in [-0.15, -0.1) is 0 Å². The summed E-state index contributed by atoms with van der Waals surface area (Å²) in [6, 6.07) is 6.30. The maximum Gasteiger partial charge on any atom is 0.266 e. The van der Waals surface area contributed by atoms with Crippen molar-refractivity contribution in [2.75, 3.05) is 0 Å². The number of Topliss-reactive ketones (excluding diaryl/α,β-unsaturated/α-hetero) is 1. The molecule has 160 valence electrons. The van der Waals surface area contributed by atoms with E-state index in [9.17, 15) is 18.0 Å². The van der Waals surface area contributed by atoms with Crippen molar-refractivity contribution in [3.8, 4) is 0 Å². The number of carbonyl (C=O) groups excluding carboxylic acids is 2. The molecule has 2 heterocycles. The summed E-state index contributed by atoms with van der Waals surface area (Å²) in [4.78, 5) is 29.0. The van der Waals surface area contributed by atoms with Gasteiger partial charge in [-0.3, -0.25) is 9.59 Å². The molecule has 0 radical (unpaired) electrons. The van der Waals surface area contributed by atoms with E-state index in [4.69, 9.17) is 0 Å². The first-order valence-corrected chi connectivity index (χ1v) is 12.0. The number of pyridine rings is 1. The number of aryl methyl sites for hydroxylation is 1. The fourth-order valence-corrected chi connectivity index (χ4v) is 5.53. The van der Waals surface area contributed by atoms with Crippen LogP contribution in [0.4, 0.5) is 0 Å². The summed E-state index contributed by atoms with van der Waals surface area (Å²) in [6.45, 7) is 0. The number of amides is 1. The molecule has 9 heteroatoms. The number of nitrogens with zero attached hydrogens (tertiary/aromatic N) is 3. The minimum Gasteiger partial charge on any atom is -0.294 e. The number of ketones is 1. The normalized spacial score (nSPS) is 17.1. The fraction of sp³-hybridized carbons (Fsp3) is 0.364. The molecular weight excluding hydrogens is 416 g/mol. The molecule has 2 aliphatic carbocycles. The molecule has 3 aromatic rings. The van der Waals surface area contributed by atoms with Gasteiger partial charge in [0, 0.05) is 23.6 Å². The predicted octanol–water partition coefficient (Wildman–Crippen LogP) is 3.18. The number of aromatic nitrogens is 3. The topological polar surface area (TPSA) is 111 Å². The maximum absolute atomic E-state index is 12.8. The molecule has 1 aromatic carbocycles. The number of rotatable bonds is 4. The van der Waals surface area contributed by atoms with Crippen LogP contribution in [0.5, 0.6) is 0 Å². The van der Waals surface area contributed by atoms with Crippen molar-refractivity contribution < 1.29 is 18.0 Å². The lowest BCUT2D eigenvalue weighted by molar-refractivity contribution is 0.0966. The first kappa shape index (κ1) is 19.9. The molecule has 0 atom stereocenters. The van der Waals surface area contributed by atoms with Crippen LogP contribution in [0.2, 0.25) is 0 Å². The van der Waals surface area contributed by atoms with Crippen LogP contribution in [0, 0.1) is 0 Å². The summed E-state index contributed by atoms with van der Waals surface area (Å²) in [6.07, 6.45) is 9.31. The molecule has 8 nitrogen and oxygen atoms in total. The van der Waals surface area contributed by atoms with Crippen molar-refractivity contribution in [2.24, 2.45) is 0 Å². The first-order chi connectivity index (χ1) is 14.9. The SMILES string of the molecule is O=C(NS(=O)(=O)c1ccc2c(c1)CCCC2=O)c1cnc2c(cnn2C2CCCC2)c1. The minimum atomic E-state index is -4.08. The van der Waals surface area contributed by atoms with Gasteiger partial charge >= 0.3 is 0 Å². The zero-order chi connectivity index (χ0) is 21.6.